The van der Waals surface area contributed by atoms with Gasteiger partial charge in [0.15, 0.2) is 5.82 Å². The second-order valence-electron chi connectivity index (χ2n) is 13.9. The molecule has 3 unspecified atom stereocenters. The van der Waals surface area contributed by atoms with Crippen molar-refractivity contribution >= 4 is 33.2 Å². The molecule has 3 aromatic carbocycles. The maximum atomic E-state index is 17.2. The Balaban J connectivity index is 1.25. The Morgan fingerprint density at radius 2 is 2.04 bits per heavy atom. The Morgan fingerprint density at radius 3 is 2.91 bits per heavy atom. The van der Waals surface area contributed by atoms with Crippen molar-refractivity contribution in [2.75, 3.05) is 50.0 Å². The molecule has 0 saturated carbocycles. The lowest BCUT2D eigenvalue weighted by Gasteiger charge is -2.34. The minimum atomic E-state index is -0.910. The van der Waals surface area contributed by atoms with E-state index >= 15 is 8.78 Å². The molecule has 0 aliphatic carbocycles. The number of terminal acetylenes is 1. The molecule has 4 saturated heterocycles. The number of benzene rings is 3. The quantitative estimate of drug-likeness (QED) is 0.233. The van der Waals surface area contributed by atoms with E-state index < -0.39 is 23.3 Å². The second-order valence-corrected chi connectivity index (χ2v) is 13.9. The lowest BCUT2D eigenvalue weighted by Crippen LogP contribution is -2.51. The molecule has 6 heterocycles. The largest absolute Gasteiger partial charge is 0.491 e. The van der Waals surface area contributed by atoms with Gasteiger partial charge in [-0.3, -0.25) is 4.90 Å². The van der Waals surface area contributed by atoms with Crippen molar-refractivity contribution < 1.29 is 22.6 Å². The molecule has 2 bridgehead atoms. The number of fused-ring (bicyclic) bond motifs is 7. The van der Waals surface area contributed by atoms with Crippen LogP contribution >= 0.6 is 0 Å². The summed E-state index contributed by atoms with van der Waals surface area (Å²) in [5.41, 5.74) is 6.78. The molecule has 0 spiro atoms. The van der Waals surface area contributed by atoms with Gasteiger partial charge in [-0.25, -0.2) is 13.2 Å². The van der Waals surface area contributed by atoms with Crippen LogP contribution < -0.4 is 25.4 Å². The molecule has 5 aliphatic rings. The first-order valence-electron chi connectivity index (χ1n) is 16.5. The van der Waals surface area contributed by atoms with Crippen molar-refractivity contribution in [2.45, 2.75) is 55.9 Å². The molecule has 4 aromatic rings. The lowest BCUT2D eigenvalue weighted by molar-refractivity contribution is 0.107. The van der Waals surface area contributed by atoms with Crippen molar-refractivity contribution in [2.24, 2.45) is 5.92 Å². The molecule has 47 heavy (non-hydrogen) atoms. The van der Waals surface area contributed by atoms with Gasteiger partial charge < -0.3 is 25.4 Å². The van der Waals surface area contributed by atoms with Crippen molar-refractivity contribution in [1.82, 2.24) is 20.2 Å². The first kappa shape index (κ1) is 28.9. The van der Waals surface area contributed by atoms with E-state index in [9.17, 15) is 4.39 Å². The maximum absolute atomic E-state index is 17.2. The Kier molecular flexibility index (Phi) is 6.53. The number of rotatable bonds is 4. The third-order valence-corrected chi connectivity index (χ3v) is 11.2. The van der Waals surface area contributed by atoms with Crippen LogP contribution in [0.5, 0.6) is 11.8 Å². The van der Waals surface area contributed by atoms with Gasteiger partial charge in [0.05, 0.1) is 22.5 Å². The Morgan fingerprint density at radius 1 is 1.15 bits per heavy atom. The monoisotopic (exact) mass is 640 g/mol. The Labute approximate surface area is 270 Å². The van der Waals surface area contributed by atoms with Crippen molar-refractivity contribution in [3.63, 3.8) is 0 Å². The van der Waals surface area contributed by atoms with Crippen LogP contribution in [0.1, 0.15) is 37.7 Å². The predicted octanol–water partition coefficient (Wildman–Crippen LogP) is 5.20. The number of halogens is 3. The summed E-state index contributed by atoms with van der Waals surface area (Å²) in [5.74, 6) is 2.76. The molecular weight excluding hydrogens is 605 g/mol. The van der Waals surface area contributed by atoms with E-state index in [1.54, 1.807) is 24.3 Å². The minimum absolute atomic E-state index is 0.0227. The average molecular weight is 641 g/mol. The first-order valence-corrected chi connectivity index (χ1v) is 16.5. The van der Waals surface area contributed by atoms with E-state index in [2.05, 4.69) is 26.0 Å². The summed E-state index contributed by atoms with van der Waals surface area (Å²) in [4.78, 5) is 14.0. The highest BCUT2D eigenvalue weighted by Gasteiger charge is 2.49. The molecule has 4 fully saturated rings. The SMILES string of the molecule is C#Cc1c(F)ccc2cc(N)cc(-c3cc4c5c(nc(OC[C@@]67CCCN6C[C@H](F)C7)nc5c3F)N3CCC5CNC(C5)C3CO4)c12. The van der Waals surface area contributed by atoms with Crippen LogP contribution in [0.25, 0.3) is 32.8 Å². The van der Waals surface area contributed by atoms with E-state index in [0.29, 0.717) is 64.5 Å². The van der Waals surface area contributed by atoms with Crippen molar-refractivity contribution in [1.29, 1.82) is 0 Å². The molecule has 3 N–H and O–H groups in total. The fourth-order valence-electron chi connectivity index (χ4n) is 8.96. The van der Waals surface area contributed by atoms with Gasteiger partial charge in [-0.1, -0.05) is 12.0 Å². The van der Waals surface area contributed by atoms with E-state index in [4.69, 9.17) is 26.6 Å². The zero-order valence-corrected chi connectivity index (χ0v) is 25.9. The molecule has 0 amide bonds. The second kappa shape index (κ2) is 10.6. The number of alkyl halides is 1. The highest BCUT2D eigenvalue weighted by Crippen LogP contribution is 2.47. The fourth-order valence-corrected chi connectivity index (χ4v) is 8.96. The summed E-state index contributed by atoms with van der Waals surface area (Å²) in [6, 6.07) is 7.97. The third-order valence-electron chi connectivity index (χ3n) is 11.2. The number of hydrogen-bond acceptors (Lipinski definition) is 8. The van der Waals surface area contributed by atoms with Crippen LogP contribution in [0.3, 0.4) is 0 Å². The van der Waals surface area contributed by atoms with Gasteiger partial charge in [0, 0.05) is 42.2 Å². The predicted molar refractivity (Wildman–Crippen MR) is 174 cm³/mol. The average Bonchev–Trinajstić information content (AvgIpc) is 3.69. The van der Waals surface area contributed by atoms with Gasteiger partial charge in [-0.15, -0.1) is 6.42 Å². The Bertz CT molecular complexity index is 2000. The zero-order chi connectivity index (χ0) is 32.0. The number of nitrogens with one attached hydrogen (secondary N) is 1. The number of aromatic nitrogens is 2. The van der Waals surface area contributed by atoms with Crippen LogP contribution in [0.15, 0.2) is 30.3 Å². The molecule has 5 aliphatic heterocycles. The van der Waals surface area contributed by atoms with E-state index in [0.717, 1.165) is 45.3 Å². The third kappa shape index (κ3) is 4.45. The standard InChI is InChI=1S/C36H35F3N6O2/c1-2-23-26(38)5-4-20-11-22(40)12-24(30(20)23)25-13-29-31-33(32(25)39)42-35(47-18-36-7-3-8-44(36)16-21(37)14-36)43-34(31)45-9-6-19-10-27(41-15-19)28(45)17-46-29/h1,4-5,11-13,19,21,27-28,41H,3,6-10,14-18,40H2/t19?,21-,27?,28?,36+/m1/s1. The zero-order valence-electron chi connectivity index (χ0n) is 25.9. The Hall–Kier alpha value is -4.27. The van der Waals surface area contributed by atoms with Crippen molar-refractivity contribution in [3.8, 4) is 35.2 Å². The fraction of sp³-hybridized carbons (Fsp3) is 0.444. The molecular formula is C36H35F3N6O2. The van der Waals surface area contributed by atoms with Gasteiger partial charge in [0.25, 0.3) is 0 Å². The minimum Gasteiger partial charge on any atom is -0.491 e. The molecule has 5 atom stereocenters. The number of nitrogen functional groups attached to an aromatic ring is 1. The number of anilines is 2. The van der Waals surface area contributed by atoms with Gasteiger partial charge in [0.2, 0.25) is 0 Å². The highest BCUT2D eigenvalue weighted by atomic mass is 19.1. The van der Waals surface area contributed by atoms with Crippen LogP contribution in [-0.4, -0.2) is 78.1 Å². The summed E-state index contributed by atoms with van der Waals surface area (Å²) >= 11 is 0. The first-order chi connectivity index (χ1) is 22.8. The normalized spacial score (nSPS) is 28.1. The van der Waals surface area contributed by atoms with Crippen molar-refractivity contribution in [3.05, 3.63) is 47.5 Å². The highest BCUT2D eigenvalue weighted by molar-refractivity contribution is 6.06. The summed E-state index contributed by atoms with van der Waals surface area (Å²) < 4.78 is 59.6. The summed E-state index contributed by atoms with van der Waals surface area (Å²) in [5, 5.41) is 5.09. The van der Waals surface area contributed by atoms with Crippen LogP contribution in [0.4, 0.5) is 24.7 Å². The summed E-state index contributed by atoms with van der Waals surface area (Å²) in [6.07, 6.45) is 9.04. The van der Waals surface area contributed by atoms with E-state index in [1.165, 1.54) is 6.07 Å². The summed E-state index contributed by atoms with van der Waals surface area (Å²) in [7, 11) is 0. The van der Waals surface area contributed by atoms with Gasteiger partial charge in [0.1, 0.15) is 42.3 Å². The maximum Gasteiger partial charge on any atom is 0.319 e. The number of nitrogens with two attached hydrogens (primary N) is 1. The van der Waals surface area contributed by atoms with Crippen LogP contribution in [-0.2, 0) is 0 Å². The van der Waals surface area contributed by atoms with Gasteiger partial charge in [-0.2, -0.15) is 9.97 Å². The van der Waals surface area contributed by atoms with Gasteiger partial charge in [-0.05, 0) is 79.9 Å². The molecule has 0 radical (unpaired) electrons. The van der Waals surface area contributed by atoms with E-state index in [1.807, 2.05) is 0 Å². The number of nitrogens with zero attached hydrogens (tertiary/aromatic N) is 4. The molecule has 8 nitrogen and oxygen atoms in total. The molecule has 242 valence electrons. The molecule has 11 heteroatoms. The van der Waals surface area contributed by atoms with E-state index in [-0.39, 0.29) is 41.3 Å². The lowest BCUT2D eigenvalue weighted by atomic mass is 9.92. The molecule has 9 rings (SSSR count). The van der Waals surface area contributed by atoms with Crippen LogP contribution in [0.2, 0.25) is 0 Å². The number of ether oxygens (including phenoxy) is 2. The van der Waals surface area contributed by atoms with Gasteiger partial charge >= 0.3 is 6.01 Å². The smallest absolute Gasteiger partial charge is 0.319 e. The van der Waals surface area contributed by atoms with Crippen LogP contribution in [0, 0.1) is 29.9 Å². The summed E-state index contributed by atoms with van der Waals surface area (Å²) in [6.45, 7) is 3.48. The molecule has 1 aromatic heterocycles. The number of hydrogen-bond donors (Lipinski definition) is 2. The topological polar surface area (TPSA) is 88.8 Å².